The number of rotatable bonds is 12. The Hall–Kier alpha value is -1.86. The predicted molar refractivity (Wildman–Crippen MR) is 121 cm³/mol. The molecule has 0 amide bonds. The Morgan fingerprint density at radius 1 is 1.07 bits per heavy atom. The van der Waals surface area contributed by atoms with E-state index in [1.54, 1.807) is 30.6 Å². The van der Waals surface area contributed by atoms with E-state index in [9.17, 15) is 0 Å². The average molecular weight is 494 g/mol. The molecule has 0 radical (unpaired) electrons. The summed E-state index contributed by atoms with van der Waals surface area (Å²) in [4.78, 5) is 8.86. The number of nitrogens with zero attached hydrogens (tertiary/aromatic N) is 2. The fourth-order valence-electron chi connectivity index (χ4n) is 2.20. The van der Waals surface area contributed by atoms with Crippen molar-refractivity contribution in [3.8, 4) is 17.4 Å². The third-order valence-corrected chi connectivity index (χ3v) is 4.42. The van der Waals surface area contributed by atoms with E-state index in [0.717, 1.165) is 5.56 Å². The molecule has 30 heavy (non-hydrogen) atoms. The highest BCUT2D eigenvalue weighted by Gasteiger charge is 2.10. The fraction of sp³-hybridized carbons (Fsp3) is 0.300. The Kier molecular flexibility index (Phi) is 10.9. The number of ether oxygens (including phenoxy) is 3. The summed E-state index contributed by atoms with van der Waals surface area (Å²) in [6.07, 6.45) is 6.16. The summed E-state index contributed by atoms with van der Waals surface area (Å²) >= 11 is 23.5. The van der Waals surface area contributed by atoms with E-state index in [4.69, 9.17) is 60.6 Å². The summed E-state index contributed by atoms with van der Waals surface area (Å²) in [5, 5.41) is 4.37. The minimum absolute atomic E-state index is 0.122. The first-order chi connectivity index (χ1) is 14.5. The summed E-state index contributed by atoms with van der Waals surface area (Å²) in [6.45, 7) is 0.998. The number of hydrogen-bond donors (Lipinski definition) is 0. The molecular formula is C20H20Cl4N2O4. The number of halogens is 4. The van der Waals surface area contributed by atoms with Crippen LogP contribution in [0.1, 0.15) is 12.0 Å². The molecule has 10 heteroatoms. The molecule has 0 spiro atoms. The van der Waals surface area contributed by atoms with Crippen molar-refractivity contribution in [2.45, 2.75) is 12.8 Å². The van der Waals surface area contributed by atoms with Crippen LogP contribution in [0.15, 0.2) is 46.2 Å². The zero-order valence-corrected chi connectivity index (χ0v) is 19.1. The molecule has 0 atom stereocenters. The van der Waals surface area contributed by atoms with Gasteiger partial charge in [-0.25, -0.2) is 4.98 Å². The summed E-state index contributed by atoms with van der Waals surface area (Å²) < 4.78 is 16.9. The van der Waals surface area contributed by atoms with Crippen LogP contribution in [-0.2, 0) is 11.3 Å². The molecule has 1 heterocycles. The van der Waals surface area contributed by atoms with Gasteiger partial charge in [-0.15, -0.1) is 0 Å². The second kappa shape index (κ2) is 13.4. The zero-order valence-electron chi connectivity index (χ0n) is 16.1. The van der Waals surface area contributed by atoms with Gasteiger partial charge in [-0.2, -0.15) is 0 Å². The Balaban J connectivity index is 1.74. The van der Waals surface area contributed by atoms with Crippen molar-refractivity contribution in [3.05, 3.63) is 56.6 Å². The van der Waals surface area contributed by atoms with Crippen LogP contribution in [0.3, 0.4) is 0 Å². The topological polar surface area (TPSA) is 62.2 Å². The molecule has 0 saturated carbocycles. The quantitative estimate of drug-likeness (QED) is 0.203. The molecule has 2 aromatic rings. The first-order valence-corrected chi connectivity index (χ1v) is 10.4. The number of benzene rings is 1. The van der Waals surface area contributed by atoms with Crippen molar-refractivity contribution in [1.82, 2.24) is 4.98 Å². The van der Waals surface area contributed by atoms with Crippen LogP contribution < -0.4 is 14.2 Å². The second-order valence-corrected chi connectivity index (χ2v) is 7.57. The van der Waals surface area contributed by atoms with E-state index in [0.29, 0.717) is 53.5 Å². The molecule has 0 aliphatic heterocycles. The van der Waals surface area contributed by atoms with E-state index < -0.39 is 0 Å². The monoisotopic (exact) mass is 492 g/mol. The van der Waals surface area contributed by atoms with Crippen molar-refractivity contribution in [2.24, 2.45) is 5.16 Å². The van der Waals surface area contributed by atoms with Gasteiger partial charge in [0.2, 0.25) is 5.88 Å². The summed E-state index contributed by atoms with van der Waals surface area (Å²) in [5.74, 6) is 1.40. The van der Waals surface area contributed by atoms with Gasteiger partial charge >= 0.3 is 0 Å². The Labute approximate surface area is 195 Å². The first-order valence-electron chi connectivity index (χ1n) is 8.88. The van der Waals surface area contributed by atoms with Gasteiger partial charge in [-0.05, 0) is 11.6 Å². The maximum atomic E-state index is 6.23. The molecule has 1 aromatic heterocycles. The Morgan fingerprint density at radius 2 is 1.80 bits per heavy atom. The van der Waals surface area contributed by atoms with Gasteiger partial charge in [0, 0.05) is 43.5 Å². The van der Waals surface area contributed by atoms with Crippen molar-refractivity contribution in [1.29, 1.82) is 0 Å². The lowest BCUT2D eigenvalue weighted by Crippen LogP contribution is -2.06. The van der Waals surface area contributed by atoms with Crippen molar-refractivity contribution < 1.29 is 19.0 Å². The largest absolute Gasteiger partial charge is 0.490 e. The van der Waals surface area contributed by atoms with Crippen molar-refractivity contribution in [3.63, 3.8) is 0 Å². The molecule has 0 bridgehead atoms. The molecule has 1 aromatic carbocycles. The van der Waals surface area contributed by atoms with Gasteiger partial charge in [0.25, 0.3) is 0 Å². The number of oxime groups is 1. The van der Waals surface area contributed by atoms with E-state index in [2.05, 4.69) is 15.0 Å². The Morgan fingerprint density at radius 3 is 2.43 bits per heavy atom. The molecule has 6 nitrogen and oxygen atoms in total. The normalized spacial score (nSPS) is 10.7. The van der Waals surface area contributed by atoms with Crippen LogP contribution in [-0.4, -0.2) is 38.1 Å². The van der Waals surface area contributed by atoms with Crippen LogP contribution in [0.4, 0.5) is 0 Å². The SMILES string of the molecule is CON=CCc1ccc(OCCCOc2c(Cl)cc(OCC=C(Cl)Cl)cc2Cl)nc1. The second-order valence-electron chi connectivity index (χ2n) is 5.75. The molecule has 162 valence electrons. The van der Waals surface area contributed by atoms with Gasteiger partial charge in [-0.3, -0.25) is 0 Å². The molecule has 0 aliphatic carbocycles. The lowest BCUT2D eigenvalue weighted by Gasteiger charge is -2.12. The predicted octanol–water partition coefficient (Wildman–Crippen LogP) is 6.11. The van der Waals surface area contributed by atoms with Gasteiger partial charge in [0.1, 0.15) is 24.0 Å². The smallest absolute Gasteiger partial charge is 0.213 e. The maximum Gasteiger partial charge on any atom is 0.213 e. The molecular weight excluding hydrogens is 474 g/mol. The van der Waals surface area contributed by atoms with Gasteiger partial charge < -0.3 is 19.0 Å². The minimum atomic E-state index is 0.122. The minimum Gasteiger partial charge on any atom is -0.490 e. The molecule has 0 aliphatic rings. The zero-order chi connectivity index (χ0) is 21.8. The molecule has 0 fully saturated rings. The van der Waals surface area contributed by atoms with Crippen LogP contribution in [0, 0.1) is 0 Å². The highest BCUT2D eigenvalue weighted by atomic mass is 35.5. The standard InChI is InChI=1S/C20H20Cl4N2O4/c1-27-26-7-5-14-3-4-19(25-13-14)29-8-2-9-30-20-16(21)11-15(12-17(20)22)28-10-6-18(23)24/h3-4,6-7,11-13H,2,5,8-10H2,1H3. The van der Waals surface area contributed by atoms with E-state index in [1.165, 1.54) is 13.2 Å². The van der Waals surface area contributed by atoms with Crippen molar-refractivity contribution in [2.75, 3.05) is 26.9 Å². The van der Waals surface area contributed by atoms with Crippen LogP contribution >= 0.6 is 46.4 Å². The maximum absolute atomic E-state index is 6.23. The van der Waals surface area contributed by atoms with Crippen molar-refractivity contribution >= 4 is 52.6 Å². The summed E-state index contributed by atoms with van der Waals surface area (Å²) in [7, 11) is 1.50. The highest BCUT2D eigenvalue weighted by molar-refractivity contribution is 6.55. The molecule has 2 rings (SSSR count). The van der Waals surface area contributed by atoms with Crippen LogP contribution in [0.25, 0.3) is 0 Å². The molecule has 0 saturated heterocycles. The first kappa shape index (κ1) is 24.4. The third kappa shape index (κ3) is 8.88. The third-order valence-electron chi connectivity index (χ3n) is 3.55. The van der Waals surface area contributed by atoms with E-state index in [-0.39, 0.29) is 11.1 Å². The number of aromatic nitrogens is 1. The van der Waals surface area contributed by atoms with Crippen LogP contribution in [0.5, 0.6) is 17.4 Å². The summed E-state index contributed by atoms with van der Waals surface area (Å²) in [6, 6.07) is 6.94. The van der Waals surface area contributed by atoms with Gasteiger partial charge in [0.05, 0.1) is 23.3 Å². The van der Waals surface area contributed by atoms with E-state index >= 15 is 0 Å². The van der Waals surface area contributed by atoms with Gasteiger partial charge in [0.15, 0.2) is 5.75 Å². The lowest BCUT2D eigenvalue weighted by molar-refractivity contribution is 0.215. The Bertz CT molecular complexity index is 833. The molecule has 0 unspecified atom stereocenters. The highest BCUT2D eigenvalue weighted by Crippen LogP contribution is 2.37. The fourth-order valence-corrected chi connectivity index (χ4v) is 2.91. The lowest BCUT2D eigenvalue weighted by atomic mass is 10.2. The number of pyridine rings is 1. The van der Waals surface area contributed by atoms with E-state index in [1.807, 2.05) is 6.07 Å². The van der Waals surface area contributed by atoms with Gasteiger partial charge in [-0.1, -0.05) is 57.6 Å². The number of hydrogen-bond acceptors (Lipinski definition) is 6. The summed E-state index contributed by atoms with van der Waals surface area (Å²) in [5.41, 5.74) is 1.00. The van der Waals surface area contributed by atoms with Crippen LogP contribution in [0.2, 0.25) is 10.0 Å². The molecule has 0 N–H and O–H groups in total. The average Bonchev–Trinajstić information content (AvgIpc) is 2.70.